The lowest BCUT2D eigenvalue weighted by Gasteiger charge is -2.34. The minimum atomic E-state index is -0.603. The Balaban J connectivity index is 0.00000161. The number of phenolic OH excluding ortho intramolecular Hbond substituents is 1. The lowest BCUT2D eigenvalue weighted by Crippen LogP contribution is -2.45. The molecular weight excluding hydrogens is 295 g/mol. The molecule has 1 aromatic carbocycles. The molecule has 0 amide bonds. The first kappa shape index (κ1) is 15.8. The van der Waals surface area contributed by atoms with Crippen molar-refractivity contribution in [1.29, 1.82) is 0 Å². The average molecular weight is 313 g/mol. The van der Waals surface area contributed by atoms with Gasteiger partial charge in [-0.05, 0) is 18.2 Å². The Morgan fingerprint density at radius 1 is 1.19 bits per heavy atom. The lowest BCUT2D eigenvalue weighted by atomic mass is 10.0. The summed E-state index contributed by atoms with van der Waals surface area (Å²) >= 11 is 0. The zero-order valence-electron chi connectivity index (χ0n) is 11.5. The summed E-state index contributed by atoms with van der Waals surface area (Å²) in [6.07, 6.45) is 1.60. The fourth-order valence-corrected chi connectivity index (χ4v) is 2.67. The molecular formula is C15H18ClFN2O2. The molecule has 4 nitrogen and oxygen atoms in total. The molecule has 1 aliphatic heterocycles. The summed E-state index contributed by atoms with van der Waals surface area (Å²) < 4.78 is 19.1. The van der Waals surface area contributed by atoms with Gasteiger partial charge in [0.1, 0.15) is 5.76 Å². The van der Waals surface area contributed by atoms with E-state index in [-0.39, 0.29) is 24.2 Å². The van der Waals surface area contributed by atoms with Crippen molar-refractivity contribution < 1.29 is 13.9 Å². The molecule has 1 aliphatic rings. The van der Waals surface area contributed by atoms with Crippen LogP contribution in [0.3, 0.4) is 0 Å². The highest BCUT2D eigenvalue weighted by Crippen LogP contribution is 2.35. The van der Waals surface area contributed by atoms with Gasteiger partial charge in [0.25, 0.3) is 0 Å². The molecule has 0 unspecified atom stereocenters. The summed E-state index contributed by atoms with van der Waals surface area (Å²) in [4.78, 5) is 2.18. The van der Waals surface area contributed by atoms with Crippen LogP contribution in [0.5, 0.6) is 5.75 Å². The Bertz CT molecular complexity index is 571. The van der Waals surface area contributed by atoms with Crippen molar-refractivity contribution in [3.63, 3.8) is 0 Å². The van der Waals surface area contributed by atoms with Crippen molar-refractivity contribution in [1.82, 2.24) is 10.2 Å². The number of benzene rings is 1. The third-order valence-electron chi connectivity index (χ3n) is 3.64. The van der Waals surface area contributed by atoms with Gasteiger partial charge in [-0.1, -0.05) is 12.1 Å². The number of hydrogen-bond acceptors (Lipinski definition) is 4. The van der Waals surface area contributed by atoms with E-state index in [1.54, 1.807) is 24.5 Å². The molecule has 0 bridgehead atoms. The molecule has 1 atom stereocenters. The van der Waals surface area contributed by atoms with Gasteiger partial charge in [0, 0.05) is 31.7 Å². The molecule has 1 fully saturated rings. The van der Waals surface area contributed by atoms with Crippen LogP contribution < -0.4 is 5.32 Å². The van der Waals surface area contributed by atoms with Crippen LogP contribution in [0.1, 0.15) is 17.4 Å². The van der Waals surface area contributed by atoms with Gasteiger partial charge in [0.15, 0.2) is 11.6 Å². The number of nitrogens with one attached hydrogen (secondary N) is 1. The van der Waals surface area contributed by atoms with Gasteiger partial charge in [-0.3, -0.25) is 4.90 Å². The molecule has 2 heterocycles. The predicted molar refractivity (Wildman–Crippen MR) is 80.3 cm³/mol. The van der Waals surface area contributed by atoms with Crippen molar-refractivity contribution in [3.8, 4) is 5.75 Å². The Kier molecular flexibility index (Phi) is 5.22. The Morgan fingerprint density at radius 3 is 2.62 bits per heavy atom. The fourth-order valence-electron chi connectivity index (χ4n) is 2.67. The fraction of sp³-hybridized carbons (Fsp3) is 0.333. The summed E-state index contributed by atoms with van der Waals surface area (Å²) in [7, 11) is 0. The van der Waals surface area contributed by atoms with Crippen LogP contribution >= 0.6 is 12.4 Å². The Morgan fingerprint density at radius 2 is 1.95 bits per heavy atom. The van der Waals surface area contributed by atoms with Crippen molar-refractivity contribution in [2.45, 2.75) is 6.04 Å². The van der Waals surface area contributed by atoms with E-state index in [0.29, 0.717) is 11.3 Å². The summed E-state index contributed by atoms with van der Waals surface area (Å²) in [5.41, 5.74) is 0.543. The van der Waals surface area contributed by atoms with Gasteiger partial charge in [-0.2, -0.15) is 0 Å². The second kappa shape index (κ2) is 6.93. The van der Waals surface area contributed by atoms with Crippen molar-refractivity contribution in [2.24, 2.45) is 0 Å². The molecule has 21 heavy (non-hydrogen) atoms. The zero-order valence-corrected chi connectivity index (χ0v) is 12.3. The predicted octanol–water partition coefficient (Wildman–Crippen LogP) is 2.54. The van der Waals surface area contributed by atoms with Gasteiger partial charge >= 0.3 is 0 Å². The number of piperazine rings is 1. The van der Waals surface area contributed by atoms with Gasteiger partial charge in [0.05, 0.1) is 12.3 Å². The van der Waals surface area contributed by atoms with E-state index in [2.05, 4.69) is 10.2 Å². The minimum Gasteiger partial charge on any atom is -0.505 e. The quantitative estimate of drug-likeness (QED) is 0.914. The number of nitrogens with zero attached hydrogens (tertiary/aromatic N) is 1. The van der Waals surface area contributed by atoms with Crippen molar-refractivity contribution >= 4 is 12.4 Å². The smallest absolute Gasteiger partial charge is 0.165 e. The maximum atomic E-state index is 13.6. The number of phenols is 1. The minimum absolute atomic E-state index is 0. The van der Waals surface area contributed by atoms with E-state index in [0.717, 1.165) is 26.2 Å². The van der Waals surface area contributed by atoms with E-state index in [1.807, 2.05) is 6.07 Å². The molecule has 2 aromatic rings. The van der Waals surface area contributed by atoms with E-state index >= 15 is 0 Å². The SMILES string of the molecule is Cl.Oc1c(F)cccc1[C@H](c1ccco1)N1CCNCC1. The van der Waals surface area contributed by atoms with Crippen molar-refractivity contribution in [2.75, 3.05) is 26.2 Å². The third kappa shape index (κ3) is 3.20. The molecule has 6 heteroatoms. The molecule has 0 spiro atoms. The van der Waals surface area contributed by atoms with E-state index in [9.17, 15) is 9.50 Å². The second-order valence-corrected chi connectivity index (χ2v) is 4.88. The van der Waals surface area contributed by atoms with Crippen LogP contribution in [0.4, 0.5) is 4.39 Å². The molecule has 0 aliphatic carbocycles. The molecule has 0 saturated carbocycles. The first-order valence-electron chi connectivity index (χ1n) is 6.73. The average Bonchev–Trinajstić information content (AvgIpc) is 2.99. The first-order valence-corrected chi connectivity index (χ1v) is 6.73. The van der Waals surface area contributed by atoms with Crippen LogP contribution in [0.15, 0.2) is 41.0 Å². The molecule has 2 N–H and O–H groups in total. The molecule has 1 saturated heterocycles. The summed E-state index contributed by atoms with van der Waals surface area (Å²) in [6, 6.07) is 8.02. The van der Waals surface area contributed by atoms with Gasteiger partial charge in [-0.25, -0.2) is 4.39 Å². The topological polar surface area (TPSA) is 48.6 Å². The highest BCUT2D eigenvalue weighted by molar-refractivity contribution is 5.85. The standard InChI is InChI=1S/C15H17FN2O2.ClH/c16-12-4-1-3-11(15(12)19)14(13-5-2-10-20-13)18-8-6-17-7-9-18;/h1-5,10,14,17,19H,6-9H2;1H/t14-;/m1./s1. The largest absolute Gasteiger partial charge is 0.505 e. The van der Waals surface area contributed by atoms with Crippen LogP contribution in [-0.2, 0) is 0 Å². The maximum absolute atomic E-state index is 13.6. The van der Waals surface area contributed by atoms with Crippen LogP contribution in [-0.4, -0.2) is 36.2 Å². The summed E-state index contributed by atoms with van der Waals surface area (Å²) in [6.45, 7) is 3.38. The number of halogens is 2. The number of aromatic hydroxyl groups is 1. The van der Waals surface area contributed by atoms with E-state index in [1.165, 1.54) is 6.07 Å². The van der Waals surface area contributed by atoms with Gasteiger partial charge < -0.3 is 14.8 Å². The molecule has 0 radical (unpaired) electrons. The molecule has 114 valence electrons. The van der Waals surface area contributed by atoms with E-state index in [4.69, 9.17) is 4.42 Å². The summed E-state index contributed by atoms with van der Waals surface area (Å²) in [5.74, 6) is -0.186. The van der Waals surface area contributed by atoms with Crippen molar-refractivity contribution in [3.05, 3.63) is 53.7 Å². The Labute approximate surface area is 129 Å². The monoisotopic (exact) mass is 312 g/mol. The number of hydrogen-bond donors (Lipinski definition) is 2. The van der Waals surface area contributed by atoms with Gasteiger partial charge in [-0.15, -0.1) is 12.4 Å². The third-order valence-corrected chi connectivity index (χ3v) is 3.64. The van der Waals surface area contributed by atoms with Crippen LogP contribution in [0, 0.1) is 5.82 Å². The van der Waals surface area contributed by atoms with Gasteiger partial charge in [0.2, 0.25) is 0 Å². The van der Waals surface area contributed by atoms with E-state index < -0.39 is 5.82 Å². The summed E-state index contributed by atoms with van der Waals surface area (Å²) in [5, 5.41) is 13.3. The van der Waals surface area contributed by atoms with Crippen LogP contribution in [0.25, 0.3) is 0 Å². The molecule has 1 aromatic heterocycles. The normalized spacial score (nSPS) is 17.2. The number of para-hydroxylation sites is 1. The number of rotatable bonds is 3. The van der Waals surface area contributed by atoms with Crippen LogP contribution in [0.2, 0.25) is 0 Å². The zero-order chi connectivity index (χ0) is 13.9. The maximum Gasteiger partial charge on any atom is 0.165 e. The first-order chi connectivity index (χ1) is 9.77. The second-order valence-electron chi connectivity index (χ2n) is 4.88. The highest BCUT2D eigenvalue weighted by atomic mass is 35.5. The number of furan rings is 1. The lowest BCUT2D eigenvalue weighted by molar-refractivity contribution is 0.177. The molecule has 3 rings (SSSR count). The Hall–Kier alpha value is -1.56. The highest BCUT2D eigenvalue weighted by Gasteiger charge is 2.28.